The fourth-order valence-electron chi connectivity index (χ4n) is 2.64. The van der Waals surface area contributed by atoms with E-state index in [1.54, 1.807) is 0 Å². The van der Waals surface area contributed by atoms with Crippen molar-refractivity contribution in [2.45, 2.75) is 19.9 Å². The molecular weight excluding hydrogens is 360 g/mol. The lowest BCUT2D eigenvalue weighted by Gasteiger charge is -2.20. The van der Waals surface area contributed by atoms with Gasteiger partial charge in [-0.25, -0.2) is 4.98 Å². The van der Waals surface area contributed by atoms with Gasteiger partial charge in [0.2, 0.25) is 5.95 Å². The fraction of sp³-hybridized carbons (Fsp3) is 0.238. The first kappa shape index (κ1) is 19.1. The number of hydrogen-bond acceptors (Lipinski definition) is 5. The second-order valence-electron chi connectivity index (χ2n) is 6.64. The first-order valence-corrected chi connectivity index (χ1v) is 9.27. The molecular formula is C21H23ClN4O. The van der Waals surface area contributed by atoms with Gasteiger partial charge in [-0.15, -0.1) is 0 Å². The molecule has 0 radical (unpaired) electrons. The normalized spacial score (nSPS) is 12.0. The summed E-state index contributed by atoms with van der Waals surface area (Å²) in [7, 11) is 0. The van der Waals surface area contributed by atoms with Gasteiger partial charge in [0.15, 0.2) is 0 Å². The average Bonchev–Trinajstić information content (AvgIpc) is 2.66. The summed E-state index contributed by atoms with van der Waals surface area (Å²) in [6.45, 7) is 4.09. The molecule has 0 saturated carbocycles. The number of anilines is 3. The minimum atomic E-state index is -0.130. The van der Waals surface area contributed by atoms with Crippen LogP contribution in [0, 0.1) is 5.92 Å². The SMILES string of the molecule is CC(C)[C@H](CO)Nc1nc(Nc2cccc(Cl)c2)cc(-c2ccccc2)n1. The van der Waals surface area contributed by atoms with Gasteiger partial charge in [-0.2, -0.15) is 4.98 Å². The number of aliphatic hydroxyl groups is 1. The van der Waals surface area contributed by atoms with Crippen LogP contribution in [0.1, 0.15) is 13.8 Å². The fourth-order valence-corrected chi connectivity index (χ4v) is 2.83. The van der Waals surface area contributed by atoms with Crippen molar-refractivity contribution in [3.05, 3.63) is 65.7 Å². The zero-order chi connectivity index (χ0) is 19.2. The van der Waals surface area contributed by atoms with Crippen molar-refractivity contribution in [2.75, 3.05) is 17.2 Å². The van der Waals surface area contributed by atoms with Gasteiger partial charge in [0.25, 0.3) is 0 Å². The Morgan fingerprint density at radius 1 is 1.00 bits per heavy atom. The Kier molecular flexibility index (Phi) is 6.27. The van der Waals surface area contributed by atoms with Gasteiger partial charge in [-0.05, 0) is 24.1 Å². The molecule has 3 rings (SSSR count). The monoisotopic (exact) mass is 382 g/mol. The van der Waals surface area contributed by atoms with Gasteiger partial charge in [0.05, 0.1) is 18.3 Å². The summed E-state index contributed by atoms with van der Waals surface area (Å²) in [5, 5.41) is 16.8. The third-order valence-corrected chi connectivity index (χ3v) is 4.44. The molecule has 0 aliphatic heterocycles. The van der Waals surface area contributed by atoms with Gasteiger partial charge in [-0.3, -0.25) is 0 Å². The molecule has 0 spiro atoms. The first-order chi connectivity index (χ1) is 13.0. The summed E-state index contributed by atoms with van der Waals surface area (Å²) >= 11 is 6.08. The van der Waals surface area contributed by atoms with Crippen LogP contribution in [-0.4, -0.2) is 27.7 Å². The predicted molar refractivity (Wildman–Crippen MR) is 112 cm³/mol. The second kappa shape index (κ2) is 8.84. The van der Waals surface area contributed by atoms with E-state index in [9.17, 15) is 5.11 Å². The van der Waals surface area contributed by atoms with Crippen molar-refractivity contribution in [1.29, 1.82) is 0 Å². The number of benzene rings is 2. The second-order valence-corrected chi connectivity index (χ2v) is 7.08. The Morgan fingerprint density at radius 3 is 2.44 bits per heavy atom. The van der Waals surface area contributed by atoms with E-state index in [1.807, 2.05) is 74.5 Å². The number of nitrogens with zero attached hydrogens (tertiary/aromatic N) is 2. The summed E-state index contributed by atoms with van der Waals surface area (Å²) in [5.74, 6) is 1.35. The highest BCUT2D eigenvalue weighted by Crippen LogP contribution is 2.25. The zero-order valence-corrected chi connectivity index (χ0v) is 16.1. The standard InChI is InChI=1S/C21H23ClN4O/c1-14(2)19(13-27)25-21-24-18(15-7-4-3-5-8-15)12-20(26-21)23-17-10-6-9-16(22)11-17/h3-12,14,19,27H,13H2,1-2H3,(H2,23,24,25,26)/t19-/m0/s1. The summed E-state index contributed by atoms with van der Waals surface area (Å²) in [6, 6.07) is 19.1. The van der Waals surface area contributed by atoms with Gasteiger partial charge in [0, 0.05) is 22.3 Å². The molecule has 0 amide bonds. The highest BCUT2D eigenvalue weighted by Gasteiger charge is 2.15. The molecule has 27 heavy (non-hydrogen) atoms. The Bertz CT molecular complexity index is 886. The van der Waals surface area contributed by atoms with E-state index in [0.717, 1.165) is 16.9 Å². The van der Waals surface area contributed by atoms with Gasteiger partial charge < -0.3 is 15.7 Å². The largest absolute Gasteiger partial charge is 0.394 e. The maximum atomic E-state index is 9.63. The topological polar surface area (TPSA) is 70.1 Å². The van der Waals surface area contributed by atoms with Crippen molar-refractivity contribution in [2.24, 2.45) is 5.92 Å². The van der Waals surface area contributed by atoms with Crippen LogP contribution in [0.15, 0.2) is 60.7 Å². The van der Waals surface area contributed by atoms with Crippen molar-refractivity contribution in [1.82, 2.24) is 9.97 Å². The van der Waals surface area contributed by atoms with Crippen LogP contribution in [0.25, 0.3) is 11.3 Å². The molecule has 5 nitrogen and oxygen atoms in total. The van der Waals surface area contributed by atoms with E-state index in [4.69, 9.17) is 11.6 Å². The predicted octanol–water partition coefficient (Wildman–Crippen LogP) is 4.97. The number of halogens is 1. The van der Waals surface area contributed by atoms with E-state index >= 15 is 0 Å². The first-order valence-electron chi connectivity index (χ1n) is 8.89. The van der Waals surface area contributed by atoms with Crippen LogP contribution in [0.4, 0.5) is 17.5 Å². The minimum absolute atomic E-state index is 0.00759. The van der Waals surface area contributed by atoms with Crippen molar-refractivity contribution >= 4 is 29.1 Å². The van der Waals surface area contributed by atoms with E-state index in [2.05, 4.69) is 20.6 Å². The van der Waals surface area contributed by atoms with E-state index in [1.165, 1.54) is 0 Å². The van der Waals surface area contributed by atoms with Gasteiger partial charge in [-0.1, -0.05) is 61.8 Å². The third-order valence-electron chi connectivity index (χ3n) is 4.21. The van der Waals surface area contributed by atoms with Crippen molar-refractivity contribution in [3.8, 4) is 11.3 Å². The number of aliphatic hydroxyl groups excluding tert-OH is 1. The number of aromatic nitrogens is 2. The van der Waals surface area contributed by atoms with Crippen molar-refractivity contribution in [3.63, 3.8) is 0 Å². The number of hydrogen-bond donors (Lipinski definition) is 3. The van der Waals surface area contributed by atoms with E-state index in [-0.39, 0.29) is 18.6 Å². The van der Waals surface area contributed by atoms with Crippen LogP contribution >= 0.6 is 11.6 Å². The summed E-state index contributed by atoms with van der Waals surface area (Å²) < 4.78 is 0. The summed E-state index contributed by atoms with van der Waals surface area (Å²) in [4.78, 5) is 9.20. The molecule has 0 bridgehead atoms. The van der Waals surface area contributed by atoms with Crippen molar-refractivity contribution < 1.29 is 5.11 Å². The lowest BCUT2D eigenvalue weighted by Crippen LogP contribution is -2.30. The Morgan fingerprint density at radius 2 is 1.78 bits per heavy atom. The summed E-state index contributed by atoms with van der Waals surface area (Å²) in [6.07, 6.45) is 0. The number of nitrogens with one attached hydrogen (secondary N) is 2. The summed E-state index contributed by atoms with van der Waals surface area (Å²) in [5.41, 5.74) is 2.62. The van der Waals surface area contributed by atoms with Crippen LogP contribution in [0.2, 0.25) is 5.02 Å². The highest BCUT2D eigenvalue weighted by atomic mass is 35.5. The van der Waals surface area contributed by atoms with Crippen LogP contribution < -0.4 is 10.6 Å². The molecule has 6 heteroatoms. The Hall–Kier alpha value is -2.63. The molecule has 0 fully saturated rings. The Balaban J connectivity index is 1.97. The molecule has 1 atom stereocenters. The molecule has 0 saturated heterocycles. The molecule has 2 aromatic carbocycles. The lowest BCUT2D eigenvalue weighted by atomic mass is 10.1. The molecule has 0 aliphatic carbocycles. The molecule has 0 aliphatic rings. The zero-order valence-electron chi connectivity index (χ0n) is 15.4. The minimum Gasteiger partial charge on any atom is -0.394 e. The Labute approximate surface area is 164 Å². The number of rotatable bonds is 7. The smallest absolute Gasteiger partial charge is 0.225 e. The maximum Gasteiger partial charge on any atom is 0.225 e. The van der Waals surface area contributed by atoms with Crippen LogP contribution in [0.5, 0.6) is 0 Å². The molecule has 1 aromatic heterocycles. The van der Waals surface area contributed by atoms with Gasteiger partial charge in [0.1, 0.15) is 5.82 Å². The van der Waals surface area contributed by atoms with Crippen LogP contribution in [-0.2, 0) is 0 Å². The molecule has 140 valence electrons. The molecule has 1 heterocycles. The van der Waals surface area contributed by atoms with Crippen LogP contribution in [0.3, 0.4) is 0 Å². The molecule has 0 unspecified atom stereocenters. The average molecular weight is 383 g/mol. The maximum absolute atomic E-state index is 9.63. The lowest BCUT2D eigenvalue weighted by molar-refractivity contribution is 0.248. The van der Waals surface area contributed by atoms with Gasteiger partial charge >= 0.3 is 0 Å². The van der Waals surface area contributed by atoms with E-state index in [0.29, 0.717) is 16.8 Å². The molecule has 3 aromatic rings. The quantitative estimate of drug-likeness (QED) is 0.538. The highest BCUT2D eigenvalue weighted by molar-refractivity contribution is 6.30. The third kappa shape index (κ3) is 5.18. The van der Waals surface area contributed by atoms with E-state index < -0.39 is 0 Å². The molecule has 3 N–H and O–H groups in total.